The van der Waals surface area contributed by atoms with Gasteiger partial charge < -0.3 is 14.9 Å². The molecule has 0 radical (unpaired) electrons. The average molecular weight is 301 g/mol. The van der Waals surface area contributed by atoms with Crippen LogP contribution in [-0.4, -0.2) is 27.3 Å². The number of hydrogen-bond donors (Lipinski definition) is 1. The van der Waals surface area contributed by atoms with Crippen LogP contribution in [0.15, 0.2) is 21.3 Å². The molecule has 0 saturated carbocycles. The van der Waals surface area contributed by atoms with E-state index in [1.807, 2.05) is 0 Å². The maximum atomic E-state index is 11.4. The molecule has 0 unspecified atom stereocenters. The van der Waals surface area contributed by atoms with E-state index in [0.29, 0.717) is 10.3 Å². The van der Waals surface area contributed by atoms with Crippen molar-refractivity contribution in [3.63, 3.8) is 0 Å². The first-order valence-electron chi connectivity index (χ1n) is 4.75. The van der Waals surface area contributed by atoms with Crippen LogP contribution in [0.4, 0.5) is 5.82 Å². The standard InChI is InChI=1S/C9H9BrN4O3/c1-2-16-8(15)6-4-17-9(12-6)14-3-5(10)7(11)13-14/h3-4H,2H2,1H3,(H2,11,13). The highest BCUT2D eigenvalue weighted by molar-refractivity contribution is 9.10. The summed E-state index contributed by atoms with van der Waals surface area (Å²) in [7, 11) is 0. The molecule has 8 heteroatoms. The summed E-state index contributed by atoms with van der Waals surface area (Å²) in [5, 5.41) is 3.94. The molecule has 0 atom stereocenters. The van der Waals surface area contributed by atoms with Crippen LogP contribution in [0.2, 0.25) is 0 Å². The lowest BCUT2D eigenvalue weighted by atomic mass is 10.5. The molecule has 0 bridgehead atoms. The minimum Gasteiger partial charge on any atom is -0.461 e. The smallest absolute Gasteiger partial charge is 0.360 e. The Balaban J connectivity index is 2.26. The van der Waals surface area contributed by atoms with Gasteiger partial charge in [-0.25, -0.2) is 4.79 Å². The van der Waals surface area contributed by atoms with Crippen molar-refractivity contribution in [3.05, 3.63) is 22.6 Å². The third-order valence-corrected chi connectivity index (χ3v) is 2.48. The molecular formula is C9H9BrN4O3. The van der Waals surface area contributed by atoms with E-state index in [1.54, 1.807) is 13.1 Å². The number of halogens is 1. The minimum absolute atomic E-state index is 0.0899. The van der Waals surface area contributed by atoms with Crippen molar-refractivity contribution in [1.29, 1.82) is 0 Å². The number of oxazole rings is 1. The zero-order chi connectivity index (χ0) is 12.4. The summed E-state index contributed by atoms with van der Waals surface area (Å²) < 4.78 is 11.8. The summed E-state index contributed by atoms with van der Waals surface area (Å²) in [4.78, 5) is 15.3. The number of nitrogen functional groups attached to an aromatic ring is 1. The number of esters is 1. The lowest BCUT2D eigenvalue weighted by Crippen LogP contribution is -2.05. The van der Waals surface area contributed by atoms with Gasteiger partial charge in [0.15, 0.2) is 11.5 Å². The Kier molecular flexibility index (Phi) is 3.14. The minimum atomic E-state index is -0.540. The number of carbonyl (C=O) groups excluding carboxylic acids is 1. The molecule has 2 N–H and O–H groups in total. The van der Waals surface area contributed by atoms with Gasteiger partial charge in [0.1, 0.15) is 6.26 Å². The normalized spacial score (nSPS) is 10.5. The average Bonchev–Trinajstić information content (AvgIpc) is 2.87. The maximum absolute atomic E-state index is 11.4. The van der Waals surface area contributed by atoms with Crippen LogP contribution in [0.25, 0.3) is 6.01 Å². The van der Waals surface area contributed by atoms with E-state index in [0.717, 1.165) is 0 Å². The van der Waals surface area contributed by atoms with E-state index in [1.165, 1.54) is 10.9 Å². The highest BCUT2D eigenvalue weighted by Crippen LogP contribution is 2.19. The lowest BCUT2D eigenvalue weighted by Gasteiger charge is -1.95. The number of nitrogens with two attached hydrogens (primary N) is 1. The van der Waals surface area contributed by atoms with E-state index in [-0.39, 0.29) is 18.3 Å². The number of rotatable bonds is 3. The number of anilines is 1. The lowest BCUT2D eigenvalue weighted by molar-refractivity contribution is 0.0519. The number of aromatic nitrogens is 3. The zero-order valence-corrected chi connectivity index (χ0v) is 10.5. The molecule has 0 aliphatic heterocycles. The van der Waals surface area contributed by atoms with E-state index < -0.39 is 5.97 Å². The number of nitrogens with zero attached hydrogens (tertiary/aromatic N) is 3. The van der Waals surface area contributed by atoms with E-state index in [2.05, 4.69) is 26.0 Å². The summed E-state index contributed by atoms with van der Waals surface area (Å²) in [6.45, 7) is 1.99. The van der Waals surface area contributed by atoms with Crippen LogP contribution >= 0.6 is 15.9 Å². The van der Waals surface area contributed by atoms with Crippen molar-refractivity contribution in [2.75, 3.05) is 12.3 Å². The Hall–Kier alpha value is -1.83. The molecule has 17 heavy (non-hydrogen) atoms. The predicted molar refractivity (Wildman–Crippen MR) is 61.7 cm³/mol. The zero-order valence-electron chi connectivity index (χ0n) is 8.88. The van der Waals surface area contributed by atoms with Crippen LogP contribution in [0.3, 0.4) is 0 Å². The fourth-order valence-corrected chi connectivity index (χ4v) is 1.41. The Morgan fingerprint density at radius 1 is 1.71 bits per heavy atom. The molecule has 90 valence electrons. The molecular weight excluding hydrogens is 292 g/mol. The number of hydrogen-bond acceptors (Lipinski definition) is 6. The highest BCUT2D eigenvalue weighted by atomic mass is 79.9. The van der Waals surface area contributed by atoms with Crippen molar-refractivity contribution in [2.24, 2.45) is 0 Å². The second-order valence-corrected chi connectivity index (χ2v) is 3.90. The first-order valence-corrected chi connectivity index (χ1v) is 5.54. The fraction of sp³-hybridized carbons (Fsp3) is 0.222. The molecule has 0 aromatic carbocycles. The van der Waals surface area contributed by atoms with Gasteiger partial charge in [-0.15, -0.1) is 5.10 Å². The van der Waals surface area contributed by atoms with E-state index in [4.69, 9.17) is 14.9 Å². The molecule has 0 aliphatic rings. The molecule has 2 aromatic heterocycles. The van der Waals surface area contributed by atoms with Gasteiger partial charge in [0.05, 0.1) is 17.3 Å². The van der Waals surface area contributed by atoms with Crippen molar-refractivity contribution < 1.29 is 13.9 Å². The SMILES string of the molecule is CCOC(=O)c1coc(-n2cc(Br)c(N)n2)n1. The fourth-order valence-electron chi connectivity index (χ4n) is 1.13. The summed E-state index contributed by atoms with van der Waals surface area (Å²) in [6.07, 6.45) is 2.79. The molecule has 7 nitrogen and oxygen atoms in total. The quantitative estimate of drug-likeness (QED) is 0.860. The van der Waals surface area contributed by atoms with Gasteiger partial charge in [-0.05, 0) is 22.9 Å². The third kappa shape index (κ3) is 2.31. The molecule has 2 rings (SSSR count). The largest absolute Gasteiger partial charge is 0.461 e. The Labute approximate surface area is 105 Å². The van der Waals surface area contributed by atoms with Crippen molar-refractivity contribution >= 4 is 27.7 Å². The van der Waals surface area contributed by atoms with Crippen molar-refractivity contribution in [1.82, 2.24) is 14.8 Å². The molecule has 0 aliphatic carbocycles. The van der Waals surface area contributed by atoms with Gasteiger partial charge in [0, 0.05) is 0 Å². The molecule has 0 saturated heterocycles. The maximum Gasteiger partial charge on any atom is 0.360 e. The van der Waals surface area contributed by atoms with Gasteiger partial charge in [-0.2, -0.15) is 9.67 Å². The molecule has 0 amide bonds. The first kappa shape index (κ1) is 11.6. The van der Waals surface area contributed by atoms with E-state index in [9.17, 15) is 4.79 Å². The third-order valence-electron chi connectivity index (χ3n) is 1.87. The Bertz CT molecular complexity index is 529. The molecule has 2 aromatic rings. The van der Waals surface area contributed by atoms with Crippen molar-refractivity contribution in [3.8, 4) is 6.01 Å². The monoisotopic (exact) mass is 300 g/mol. The topological polar surface area (TPSA) is 96.2 Å². The molecule has 2 heterocycles. The van der Waals surface area contributed by atoms with Crippen LogP contribution in [-0.2, 0) is 4.74 Å². The van der Waals surface area contributed by atoms with Gasteiger partial charge in [0.25, 0.3) is 0 Å². The molecule has 0 spiro atoms. The highest BCUT2D eigenvalue weighted by Gasteiger charge is 2.15. The van der Waals surface area contributed by atoms with E-state index >= 15 is 0 Å². The predicted octanol–water partition coefficient (Wildman–Crippen LogP) is 1.38. The second kappa shape index (κ2) is 4.58. The summed E-state index contributed by atoms with van der Waals surface area (Å²) in [6, 6.07) is 0.144. The number of carbonyl (C=O) groups is 1. The first-order chi connectivity index (χ1) is 8.11. The summed E-state index contributed by atoms with van der Waals surface area (Å²) >= 11 is 3.20. The van der Waals surface area contributed by atoms with Gasteiger partial charge >= 0.3 is 12.0 Å². The number of ether oxygens (including phenoxy) is 1. The Morgan fingerprint density at radius 3 is 3.06 bits per heavy atom. The summed E-state index contributed by atoms with van der Waals surface area (Å²) in [5.74, 6) is -0.234. The summed E-state index contributed by atoms with van der Waals surface area (Å²) in [5.41, 5.74) is 5.64. The van der Waals surface area contributed by atoms with Gasteiger partial charge in [-0.1, -0.05) is 0 Å². The Morgan fingerprint density at radius 2 is 2.47 bits per heavy atom. The second-order valence-electron chi connectivity index (χ2n) is 3.04. The van der Waals surface area contributed by atoms with Gasteiger partial charge in [-0.3, -0.25) is 0 Å². The van der Waals surface area contributed by atoms with Crippen LogP contribution in [0, 0.1) is 0 Å². The van der Waals surface area contributed by atoms with Crippen LogP contribution in [0.5, 0.6) is 0 Å². The van der Waals surface area contributed by atoms with Crippen LogP contribution in [0.1, 0.15) is 17.4 Å². The van der Waals surface area contributed by atoms with Crippen LogP contribution < -0.4 is 5.73 Å². The van der Waals surface area contributed by atoms with Crippen molar-refractivity contribution in [2.45, 2.75) is 6.92 Å². The van der Waals surface area contributed by atoms with Gasteiger partial charge in [0.2, 0.25) is 0 Å². The molecule has 0 fully saturated rings.